The number of nitrogens with zero attached hydrogens (tertiary/aromatic N) is 4. The van der Waals surface area contributed by atoms with Gasteiger partial charge in [-0.15, -0.1) is 16.4 Å². The summed E-state index contributed by atoms with van der Waals surface area (Å²) in [6.07, 6.45) is 1.35. The summed E-state index contributed by atoms with van der Waals surface area (Å²) in [5, 5.41) is 11.3. The lowest BCUT2D eigenvalue weighted by Crippen LogP contribution is -2.10. The molecule has 0 N–H and O–H groups in total. The van der Waals surface area contributed by atoms with Gasteiger partial charge in [0.1, 0.15) is 21.8 Å². The number of hydrogen-bond donors (Lipinski definition) is 0. The maximum Gasteiger partial charge on any atom is 0.348 e. The van der Waals surface area contributed by atoms with Gasteiger partial charge in [-0.2, -0.15) is 4.68 Å². The quantitative estimate of drug-likeness (QED) is 0.770. The number of thiophene rings is 1. The summed E-state index contributed by atoms with van der Waals surface area (Å²) < 4.78 is 11.4. The van der Waals surface area contributed by atoms with Gasteiger partial charge in [-0.1, -0.05) is 0 Å². The van der Waals surface area contributed by atoms with E-state index >= 15 is 0 Å². The van der Waals surface area contributed by atoms with E-state index in [2.05, 4.69) is 15.5 Å². The summed E-state index contributed by atoms with van der Waals surface area (Å²) in [5.41, 5.74) is 0.777. The van der Waals surface area contributed by atoms with Gasteiger partial charge in [0.05, 0.1) is 13.2 Å². The number of rotatable bonds is 5. The fourth-order valence-electron chi connectivity index (χ4n) is 1.75. The summed E-state index contributed by atoms with van der Waals surface area (Å²) in [5.74, 6) is -1.00. The number of aromatic nitrogens is 4. The van der Waals surface area contributed by atoms with Crippen molar-refractivity contribution in [3.05, 3.63) is 22.3 Å². The van der Waals surface area contributed by atoms with Crippen molar-refractivity contribution in [3.63, 3.8) is 0 Å². The van der Waals surface area contributed by atoms with Gasteiger partial charge in [-0.05, 0) is 36.8 Å². The molecule has 2 aromatic rings. The number of carbonyl (C=O) groups excluding carboxylic acids is 2. The molecule has 2 aromatic heterocycles. The summed E-state index contributed by atoms with van der Waals surface area (Å²) in [6.45, 7) is 5.59. The monoisotopic (exact) mass is 310 g/mol. The zero-order valence-corrected chi connectivity index (χ0v) is 12.6. The summed E-state index contributed by atoms with van der Waals surface area (Å²) in [6, 6.07) is 0. The van der Waals surface area contributed by atoms with Crippen molar-refractivity contribution < 1.29 is 19.1 Å². The molecule has 0 atom stereocenters. The largest absolute Gasteiger partial charge is 0.462 e. The van der Waals surface area contributed by atoms with E-state index in [4.69, 9.17) is 9.47 Å². The van der Waals surface area contributed by atoms with E-state index in [9.17, 15) is 9.59 Å². The first-order valence-electron chi connectivity index (χ1n) is 6.31. The number of tetrazole rings is 1. The lowest BCUT2D eigenvalue weighted by molar-refractivity contribution is 0.0526. The smallest absolute Gasteiger partial charge is 0.348 e. The fourth-order valence-corrected chi connectivity index (χ4v) is 2.86. The van der Waals surface area contributed by atoms with E-state index in [0.717, 1.165) is 11.3 Å². The molecule has 0 aliphatic rings. The van der Waals surface area contributed by atoms with E-state index in [0.29, 0.717) is 15.4 Å². The normalized spacial score (nSPS) is 10.4. The molecule has 0 saturated heterocycles. The number of ether oxygens (including phenoxy) is 2. The van der Waals surface area contributed by atoms with Crippen LogP contribution in [0.15, 0.2) is 6.33 Å². The van der Waals surface area contributed by atoms with Crippen LogP contribution < -0.4 is 0 Å². The molecule has 0 fully saturated rings. The Morgan fingerprint density at radius 2 is 1.90 bits per heavy atom. The highest BCUT2D eigenvalue weighted by molar-refractivity contribution is 7.17. The molecular weight excluding hydrogens is 296 g/mol. The highest BCUT2D eigenvalue weighted by Crippen LogP contribution is 2.32. The molecule has 0 saturated carbocycles. The van der Waals surface area contributed by atoms with Crippen LogP contribution in [0.5, 0.6) is 0 Å². The third-order valence-corrected chi connectivity index (χ3v) is 3.89. The molecular formula is C12H14N4O4S. The second kappa shape index (κ2) is 6.44. The van der Waals surface area contributed by atoms with Gasteiger partial charge in [0.2, 0.25) is 0 Å². The first-order chi connectivity index (χ1) is 10.1. The van der Waals surface area contributed by atoms with Crippen molar-refractivity contribution in [2.75, 3.05) is 13.2 Å². The minimum atomic E-state index is -0.521. The molecule has 0 unspecified atom stereocenters. The summed E-state index contributed by atoms with van der Waals surface area (Å²) in [7, 11) is 0. The molecule has 0 bridgehead atoms. The van der Waals surface area contributed by atoms with Crippen molar-refractivity contribution in [2.45, 2.75) is 20.8 Å². The Hall–Kier alpha value is -2.29. The Balaban J connectivity index is 2.55. The van der Waals surface area contributed by atoms with Gasteiger partial charge in [-0.3, -0.25) is 0 Å². The van der Waals surface area contributed by atoms with E-state index < -0.39 is 11.9 Å². The Kier molecular flexibility index (Phi) is 4.63. The Morgan fingerprint density at radius 1 is 1.24 bits per heavy atom. The Morgan fingerprint density at radius 3 is 2.48 bits per heavy atom. The zero-order chi connectivity index (χ0) is 15.4. The molecule has 0 aliphatic carbocycles. The molecule has 0 aromatic carbocycles. The van der Waals surface area contributed by atoms with Crippen molar-refractivity contribution >= 4 is 23.3 Å². The van der Waals surface area contributed by atoms with Crippen LogP contribution in [0, 0.1) is 6.92 Å². The highest BCUT2D eigenvalue weighted by atomic mass is 32.1. The third kappa shape index (κ3) is 2.92. The first-order valence-corrected chi connectivity index (χ1v) is 7.12. The topological polar surface area (TPSA) is 96.2 Å². The molecule has 2 heterocycles. The van der Waals surface area contributed by atoms with Gasteiger partial charge in [0.25, 0.3) is 0 Å². The zero-order valence-electron chi connectivity index (χ0n) is 11.8. The third-order valence-electron chi connectivity index (χ3n) is 2.63. The first kappa shape index (κ1) is 15.1. The van der Waals surface area contributed by atoms with Crippen LogP contribution in [-0.2, 0) is 9.47 Å². The van der Waals surface area contributed by atoms with Crippen molar-refractivity contribution in [3.8, 4) is 5.00 Å². The molecule has 112 valence electrons. The average molecular weight is 310 g/mol. The van der Waals surface area contributed by atoms with Crippen LogP contribution in [0.3, 0.4) is 0 Å². The van der Waals surface area contributed by atoms with Gasteiger partial charge < -0.3 is 9.47 Å². The predicted octanol–water partition coefficient (Wildman–Crippen LogP) is 1.39. The molecule has 0 aliphatic heterocycles. The van der Waals surface area contributed by atoms with E-state index in [1.54, 1.807) is 20.8 Å². The average Bonchev–Trinajstić information content (AvgIpc) is 3.06. The minimum absolute atomic E-state index is 0.234. The summed E-state index contributed by atoms with van der Waals surface area (Å²) in [4.78, 5) is 24.4. The van der Waals surface area contributed by atoms with Gasteiger partial charge in [0, 0.05) is 0 Å². The molecule has 9 heteroatoms. The van der Waals surface area contributed by atoms with E-state index in [1.807, 2.05) is 0 Å². The summed E-state index contributed by atoms with van der Waals surface area (Å²) >= 11 is 1.09. The van der Waals surface area contributed by atoms with Crippen LogP contribution in [0.4, 0.5) is 0 Å². The molecule has 0 radical (unpaired) electrons. The van der Waals surface area contributed by atoms with E-state index in [-0.39, 0.29) is 18.8 Å². The van der Waals surface area contributed by atoms with Gasteiger partial charge >= 0.3 is 11.9 Å². The maximum atomic E-state index is 12.1. The number of esters is 2. The SMILES string of the molecule is CCOC(=O)c1sc(-n2cnnn2)c(C(=O)OCC)c1C. The fraction of sp³-hybridized carbons (Fsp3) is 0.417. The lowest BCUT2D eigenvalue weighted by atomic mass is 10.1. The molecule has 0 amide bonds. The molecule has 2 rings (SSSR count). The van der Waals surface area contributed by atoms with Crippen LogP contribution in [0.1, 0.15) is 39.4 Å². The Labute approximate surface area is 124 Å². The van der Waals surface area contributed by atoms with Gasteiger partial charge in [0.15, 0.2) is 0 Å². The standard InChI is InChI=1S/C12H14N4O4S/c1-4-19-11(17)8-7(3)9(12(18)20-5-2)21-10(8)16-6-13-14-15-16/h6H,4-5H2,1-3H3. The number of carbonyl (C=O) groups is 2. The van der Waals surface area contributed by atoms with Crippen LogP contribution in [-0.4, -0.2) is 45.4 Å². The van der Waals surface area contributed by atoms with Crippen molar-refractivity contribution in [1.29, 1.82) is 0 Å². The second-order valence-corrected chi connectivity index (χ2v) is 4.93. The van der Waals surface area contributed by atoms with Crippen LogP contribution in [0.25, 0.3) is 5.00 Å². The Bertz CT molecular complexity index is 651. The lowest BCUT2D eigenvalue weighted by Gasteiger charge is -2.04. The van der Waals surface area contributed by atoms with E-state index in [1.165, 1.54) is 11.0 Å². The maximum absolute atomic E-state index is 12.1. The second-order valence-electron chi connectivity index (χ2n) is 3.93. The van der Waals surface area contributed by atoms with Crippen molar-refractivity contribution in [2.24, 2.45) is 0 Å². The van der Waals surface area contributed by atoms with Gasteiger partial charge in [-0.25, -0.2) is 9.59 Å². The minimum Gasteiger partial charge on any atom is -0.462 e. The molecule has 21 heavy (non-hydrogen) atoms. The van der Waals surface area contributed by atoms with Crippen LogP contribution >= 0.6 is 11.3 Å². The molecule has 8 nitrogen and oxygen atoms in total. The number of hydrogen-bond acceptors (Lipinski definition) is 8. The highest BCUT2D eigenvalue weighted by Gasteiger charge is 2.27. The van der Waals surface area contributed by atoms with Crippen LogP contribution in [0.2, 0.25) is 0 Å². The van der Waals surface area contributed by atoms with Crippen molar-refractivity contribution in [1.82, 2.24) is 20.2 Å². The molecule has 0 spiro atoms. The predicted molar refractivity (Wildman–Crippen MR) is 73.7 cm³/mol.